The summed E-state index contributed by atoms with van der Waals surface area (Å²) >= 11 is 0. The predicted molar refractivity (Wildman–Crippen MR) is 101 cm³/mol. The number of aryl methyl sites for hydroxylation is 2. The molecule has 2 N–H and O–H groups in total. The molecule has 0 aliphatic carbocycles. The molecule has 4 heterocycles. The van der Waals surface area contributed by atoms with E-state index in [0.29, 0.717) is 6.04 Å². The summed E-state index contributed by atoms with van der Waals surface area (Å²) in [5.74, 6) is 1.80. The highest BCUT2D eigenvalue weighted by atomic mass is 35.5. The Morgan fingerprint density at radius 2 is 1.96 bits per heavy atom. The Labute approximate surface area is 154 Å². The summed E-state index contributed by atoms with van der Waals surface area (Å²) in [5, 5.41) is 7.26. The third kappa shape index (κ3) is 3.34. The summed E-state index contributed by atoms with van der Waals surface area (Å²) in [4.78, 5) is 13.5. The molecule has 130 valence electrons. The maximum Gasteiger partial charge on any atom is 0.160 e. The Balaban J connectivity index is 0.00000104. The summed E-state index contributed by atoms with van der Waals surface area (Å²) in [5.41, 5.74) is 3.47. The lowest BCUT2D eigenvalue weighted by atomic mass is 9.85. The number of fused-ring (bicyclic) bond motifs is 1. The molecule has 0 amide bonds. The van der Waals surface area contributed by atoms with Gasteiger partial charge < -0.3 is 10.6 Å². The van der Waals surface area contributed by atoms with E-state index in [1.807, 2.05) is 13.0 Å². The smallest absolute Gasteiger partial charge is 0.160 e. The summed E-state index contributed by atoms with van der Waals surface area (Å²) in [6, 6.07) is 4.62. The van der Waals surface area contributed by atoms with E-state index in [2.05, 4.69) is 33.6 Å². The van der Waals surface area contributed by atoms with E-state index >= 15 is 0 Å². The minimum Gasteiger partial charge on any atom is -0.363 e. The minimum atomic E-state index is 0. The molecule has 2 aromatic heterocycles. The molecule has 24 heavy (non-hydrogen) atoms. The third-order valence-electron chi connectivity index (χ3n) is 4.84. The summed E-state index contributed by atoms with van der Waals surface area (Å²) < 4.78 is 0. The van der Waals surface area contributed by atoms with Crippen molar-refractivity contribution in [1.82, 2.24) is 20.3 Å². The monoisotopic (exact) mass is 367 g/mol. The van der Waals surface area contributed by atoms with Crippen molar-refractivity contribution in [2.45, 2.75) is 44.7 Å². The number of nitrogens with zero attached hydrogens (tertiary/aromatic N) is 3. The molecule has 5 nitrogen and oxygen atoms in total. The maximum absolute atomic E-state index is 4.82. The van der Waals surface area contributed by atoms with Crippen LogP contribution in [0.4, 0.5) is 5.82 Å². The van der Waals surface area contributed by atoms with Crippen LogP contribution in [0.3, 0.4) is 0 Å². The van der Waals surface area contributed by atoms with E-state index in [0.717, 1.165) is 48.7 Å². The first-order valence-corrected chi connectivity index (χ1v) is 7.95. The van der Waals surface area contributed by atoms with Gasteiger partial charge in [-0.05, 0) is 50.8 Å². The third-order valence-corrected chi connectivity index (χ3v) is 4.84. The number of nitrogens with one attached hydrogen (secondary N) is 2. The van der Waals surface area contributed by atoms with Crippen LogP contribution < -0.4 is 10.6 Å². The average molecular weight is 368 g/mol. The zero-order valence-corrected chi connectivity index (χ0v) is 15.5. The highest BCUT2D eigenvalue weighted by molar-refractivity contribution is 5.85. The van der Waals surface area contributed by atoms with Gasteiger partial charge in [0.2, 0.25) is 0 Å². The fraction of sp³-hybridized carbons (Fsp3) is 0.471. The molecule has 1 saturated heterocycles. The van der Waals surface area contributed by atoms with Gasteiger partial charge in [0.05, 0.1) is 11.2 Å². The summed E-state index contributed by atoms with van der Waals surface area (Å²) in [6.45, 7) is 5.31. The Hall–Kier alpha value is -1.43. The van der Waals surface area contributed by atoms with E-state index in [1.165, 1.54) is 5.56 Å². The number of hydrogen-bond donors (Lipinski definition) is 2. The standard InChI is InChI=1S/C17H21N5.2ClH/c1-11-9-17(10-20-11)5-4-13-8-14(12(2)21-15(13)22-17)16-18-6-3-7-19-16;;/h3,6-8,11,20H,4-5,9-10H2,1-2H3,(H,21,22);2*1H. The van der Waals surface area contributed by atoms with Crippen LogP contribution in [0.5, 0.6) is 0 Å². The summed E-state index contributed by atoms with van der Waals surface area (Å²) in [7, 11) is 0. The SMILES string of the molecule is Cc1nc2c(cc1-c1ncccn1)CCC1(CNC(C)C1)N2.Cl.Cl. The van der Waals surface area contributed by atoms with Gasteiger partial charge in [-0.2, -0.15) is 0 Å². The van der Waals surface area contributed by atoms with Crippen LogP contribution in [0.15, 0.2) is 24.5 Å². The Morgan fingerprint density at radius 1 is 1.21 bits per heavy atom. The van der Waals surface area contributed by atoms with Crippen LogP contribution in [0, 0.1) is 6.92 Å². The van der Waals surface area contributed by atoms with Gasteiger partial charge in [-0.25, -0.2) is 15.0 Å². The highest BCUT2D eigenvalue weighted by Gasteiger charge is 2.40. The number of aromatic nitrogens is 3. The zero-order chi connectivity index (χ0) is 15.2. The number of hydrogen-bond acceptors (Lipinski definition) is 5. The second kappa shape index (κ2) is 7.21. The van der Waals surface area contributed by atoms with Gasteiger partial charge in [0.25, 0.3) is 0 Å². The molecular weight excluding hydrogens is 345 g/mol. The van der Waals surface area contributed by atoms with Crippen molar-refractivity contribution in [2.75, 3.05) is 11.9 Å². The van der Waals surface area contributed by atoms with Crippen molar-refractivity contribution >= 4 is 30.6 Å². The first-order chi connectivity index (χ1) is 10.7. The normalized spacial score (nSPS) is 24.5. The van der Waals surface area contributed by atoms with Gasteiger partial charge in [-0.3, -0.25) is 0 Å². The van der Waals surface area contributed by atoms with Crippen LogP contribution >= 0.6 is 24.8 Å². The van der Waals surface area contributed by atoms with Gasteiger partial charge in [0, 0.05) is 30.5 Å². The second-order valence-corrected chi connectivity index (χ2v) is 6.59. The molecule has 2 aliphatic rings. The van der Waals surface area contributed by atoms with E-state index in [-0.39, 0.29) is 30.4 Å². The quantitative estimate of drug-likeness (QED) is 0.810. The first kappa shape index (κ1) is 18.9. The number of rotatable bonds is 1. The van der Waals surface area contributed by atoms with Gasteiger partial charge in [-0.15, -0.1) is 24.8 Å². The molecule has 2 atom stereocenters. The molecule has 0 aromatic carbocycles. The fourth-order valence-electron chi connectivity index (χ4n) is 3.68. The number of halogens is 2. The topological polar surface area (TPSA) is 62.7 Å². The van der Waals surface area contributed by atoms with Gasteiger partial charge in [-0.1, -0.05) is 0 Å². The molecule has 2 unspecified atom stereocenters. The van der Waals surface area contributed by atoms with Gasteiger partial charge in [0.1, 0.15) is 5.82 Å². The second-order valence-electron chi connectivity index (χ2n) is 6.59. The Kier molecular flexibility index (Phi) is 5.68. The first-order valence-electron chi connectivity index (χ1n) is 7.95. The van der Waals surface area contributed by atoms with Crippen LogP contribution in [0.1, 0.15) is 31.0 Å². The predicted octanol–water partition coefficient (Wildman–Crippen LogP) is 3.17. The van der Waals surface area contributed by atoms with Gasteiger partial charge >= 0.3 is 0 Å². The zero-order valence-electron chi connectivity index (χ0n) is 13.9. The molecule has 1 spiro atoms. The molecule has 0 saturated carbocycles. The lowest BCUT2D eigenvalue weighted by Gasteiger charge is -2.36. The van der Waals surface area contributed by atoms with Crippen molar-refractivity contribution in [3.8, 4) is 11.4 Å². The Morgan fingerprint density at radius 3 is 2.62 bits per heavy atom. The van der Waals surface area contributed by atoms with E-state index in [4.69, 9.17) is 4.98 Å². The van der Waals surface area contributed by atoms with Crippen molar-refractivity contribution in [3.63, 3.8) is 0 Å². The van der Waals surface area contributed by atoms with E-state index in [1.54, 1.807) is 12.4 Å². The van der Waals surface area contributed by atoms with Crippen molar-refractivity contribution in [1.29, 1.82) is 0 Å². The lowest BCUT2D eigenvalue weighted by molar-refractivity contribution is 0.446. The molecule has 4 rings (SSSR count). The average Bonchev–Trinajstić information content (AvgIpc) is 2.88. The van der Waals surface area contributed by atoms with Gasteiger partial charge in [0.15, 0.2) is 5.82 Å². The van der Waals surface area contributed by atoms with Crippen molar-refractivity contribution in [3.05, 3.63) is 35.8 Å². The fourth-order valence-corrected chi connectivity index (χ4v) is 3.68. The molecule has 2 aliphatic heterocycles. The maximum atomic E-state index is 4.82. The van der Waals surface area contributed by atoms with Crippen molar-refractivity contribution < 1.29 is 0 Å². The lowest BCUT2D eigenvalue weighted by Crippen LogP contribution is -2.44. The van der Waals surface area contributed by atoms with E-state index in [9.17, 15) is 0 Å². The highest BCUT2D eigenvalue weighted by Crippen LogP contribution is 2.36. The van der Waals surface area contributed by atoms with Crippen molar-refractivity contribution in [2.24, 2.45) is 0 Å². The summed E-state index contributed by atoms with van der Waals surface area (Å²) in [6.07, 6.45) is 6.93. The molecule has 1 fully saturated rings. The molecule has 2 aromatic rings. The minimum absolute atomic E-state index is 0. The molecule has 0 radical (unpaired) electrons. The molecule has 7 heteroatoms. The van der Waals surface area contributed by atoms with Crippen LogP contribution in [-0.4, -0.2) is 33.1 Å². The largest absolute Gasteiger partial charge is 0.363 e. The van der Waals surface area contributed by atoms with Crippen LogP contribution in [0.2, 0.25) is 0 Å². The Bertz CT molecular complexity index is 710. The molecular formula is C17H23Cl2N5. The van der Waals surface area contributed by atoms with Crippen LogP contribution in [0.25, 0.3) is 11.4 Å². The van der Waals surface area contributed by atoms with Crippen LogP contribution in [-0.2, 0) is 6.42 Å². The number of anilines is 1. The number of pyridine rings is 1. The van der Waals surface area contributed by atoms with E-state index < -0.39 is 0 Å². The molecule has 0 bridgehead atoms.